The summed E-state index contributed by atoms with van der Waals surface area (Å²) in [5, 5.41) is 8.66. The van der Waals surface area contributed by atoms with Gasteiger partial charge in [-0.1, -0.05) is 0 Å². The van der Waals surface area contributed by atoms with Crippen LogP contribution in [0.1, 0.15) is 0 Å². The fourth-order valence-electron chi connectivity index (χ4n) is 6.98. The molecule has 9 rings (SSSR count). The van der Waals surface area contributed by atoms with E-state index >= 15 is 8.78 Å². The average Bonchev–Trinajstić information content (AvgIpc) is 3.45. The van der Waals surface area contributed by atoms with Crippen LogP contribution in [0, 0.1) is 11.6 Å². The van der Waals surface area contributed by atoms with Crippen molar-refractivity contribution < 1.29 is 8.78 Å². The maximum absolute atomic E-state index is 15.8. The van der Waals surface area contributed by atoms with Crippen LogP contribution < -0.4 is 0 Å². The Labute approximate surface area is 252 Å². The van der Waals surface area contributed by atoms with Crippen molar-refractivity contribution in [2.75, 3.05) is 0 Å². The molecule has 0 atom stereocenters. The van der Waals surface area contributed by atoms with Gasteiger partial charge in [0.15, 0.2) is 0 Å². The van der Waals surface area contributed by atoms with E-state index < -0.39 is 0 Å². The third kappa shape index (κ3) is 3.47. The molecule has 1 heterocycles. The van der Waals surface area contributed by atoms with Gasteiger partial charge in [0.2, 0.25) is 0 Å². The fourth-order valence-corrected chi connectivity index (χ4v) is 9.60. The van der Waals surface area contributed by atoms with Crippen molar-refractivity contribution in [1.29, 1.82) is 0 Å². The van der Waals surface area contributed by atoms with E-state index in [2.05, 4.69) is 36.4 Å². The zero-order valence-corrected chi connectivity index (χ0v) is 24.6. The molecule has 0 saturated carbocycles. The Kier molecular flexibility index (Phi) is 5.38. The molecule has 0 aliphatic heterocycles. The zero-order chi connectivity index (χ0) is 28.7. The standard InChI is InChI=1S/C40H22F2Se/c41-38-27-15-5-1-11-23(27)35(24-12-2-6-16-28(24)38)31-19-10-22-34-37(31)33-21-9-20-32(40(33)43-34)36-25-13-3-7-17-29(25)39(42)30-18-8-4-14-26(30)36/h1-22H. The molecule has 0 saturated heterocycles. The number of hydrogen-bond donors (Lipinski definition) is 0. The molecule has 0 aliphatic rings. The summed E-state index contributed by atoms with van der Waals surface area (Å²) in [6.07, 6.45) is 0. The summed E-state index contributed by atoms with van der Waals surface area (Å²) in [4.78, 5) is 0. The molecule has 202 valence electrons. The van der Waals surface area contributed by atoms with Crippen LogP contribution in [0.4, 0.5) is 8.78 Å². The molecular weight excluding hydrogens is 597 g/mol. The van der Waals surface area contributed by atoms with E-state index in [1.807, 2.05) is 97.1 Å². The van der Waals surface area contributed by atoms with Crippen LogP contribution in [0.3, 0.4) is 0 Å². The number of rotatable bonds is 2. The van der Waals surface area contributed by atoms with Crippen molar-refractivity contribution in [3.8, 4) is 22.3 Å². The second-order valence-electron chi connectivity index (χ2n) is 11.0. The van der Waals surface area contributed by atoms with Gasteiger partial charge >= 0.3 is 253 Å². The first-order valence-corrected chi connectivity index (χ1v) is 16.0. The summed E-state index contributed by atoms with van der Waals surface area (Å²) in [6.45, 7) is 0. The Hall–Kier alpha value is -4.82. The van der Waals surface area contributed by atoms with E-state index in [0.29, 0.717) is 21.5 Å². The van der Waals surface area contributed by atoms with Gasteiger partial charge in [-0.2, -0.15) is 0 Å². The molecular formula is C40H22F2Se. The Morgan fingerprint density at radius 3 is 1.21 bits per heavy atom. The predicted octanol–water partition coefficient (Wildman–Crippen LogP) is 11.3. The van der Waals surface area contributed by atoms with Crippen LogP contribution in [-0.4, -0.2) is 14.5 Å². The molecule has 0 spiro atoms. The third-order valence-corrected chi connectivity index (χ3v) is 11.3. The minimum absolute atomic E-state index is 0.0273. The van der Waals surface area contributed by atoms with Crippen molar-refractivity contribution in [3.63, 3.8) is 0 Å². The van der Waals surface area contributed by atoms with Crippen LogP contribution in [0.15, 0.2) is 133 Å². The maximum atomic E-state index is 15.8. The van der Waals surface area contributed by atoms with E-state index in [-0.39, 0.29) is 26.1 Å². The van der Waals surface area contributed by atoms with Gasteiger partial charge in [-0.15, -0.1) is 0 Å². The molecule has 0 radical (unpaired) electrons. The summed E-state index contributed by atoms with van der Waals surface area (Å²) in [6, 6.07) is 44.4. The topological polar surface area (TPSA) is 0 Å². The van der Waals surface area contributed by atoms with E-state index in [1.54, 1.807) is 0 Å². The molecule has 0 nitrogen and oxygen atoms in total. The Bertz CT molecular complexity index is 2480. The zero-order valence-electron chi connectivity index (χ0n) is 22.9. The summed E-state index contributed by atoms with van der Waals surface area (Å²) < 4.78 is 34.1. The second-order valence-corrected chi connectivity index (χ2v) is 13.2. The average molecular weight is 620 g/mol. The van der Waals surface area contributed by atoms with E-state index in [0.717, 1.165) is 43.8 Å². The van der Waals surface area contributed by atoms with E-state index in [9.17, 15) is 0 Å². The molecule has 9 aromatic rings. The molecule has 0 unspecified atom stereocenters. The molecule has 0 aliphatic carbocycles. The number of fused-ring (bicyclic) bond motifs is 7. The quantitative estimate of drug-likeness (QED) is 0.133. The molecule has 1 aromatic heterocycles. The Morgan fingerprint density at radius 1 is 0.349 bits per heavy atom. The van der Waals surface area contributed by atoms with Crippen LogP contribution >= 0.6 is 0 Å². The SMILES string of the molecule is Fc1c2ccccc2c(-c2cccc3c2[se]c2cccc(-c4c5ccccc5c(F)c5ccccc45)c23)c2ccccc12. The summed E-state index contributed by atoms with van der Waals surface area (Å²) >= 11 is 0.0273. The minimum atomic E-state index is -0.176. The fraction of sp³-hybridized carbons (Fsp3) is 0. The van der Waals surface area contributed by atoms with E-state index in [1.165, 1.54) is 19.3 Å². The first-order valence-electron chi connectivity index (χ1n) is 14.3. The number of hydrogen-bond acceptors (Lipinski definition) is 0. The Morgan fingerprint density at radius 2 is 0.721 bits per heavy atom. The van der Waals surface area contributed by atoms with Gasteiger partial charge in [-0.25, -0.2) is 0 Å². The Balaban J connectivity index is 1.44. The second kappa shape index (κ2) is 9.34. The first kappa shape index (κ1) is 24.7. The van der Waals surface area contributed by atoms with Crippen molar-refractivity contribution in [2.24, 2.45) is 0 Å². The van der Waals surface area contributed by atoms with Gasteiger partial charge in [-0.05, 0) is 0 Å². The van der Waals surface area contributed by atoms with Gasteiger partial charge in [0.1, 0.15) is 0 Å². The normalized spacial score (nSPS) is 12.0. The molecule has 8 aromatic carbocycles. The van der Waals surface area contributed by atoms with Crippen LogP contribution in [0.5, 0.6) is 0 Å². The van der Waals surface area contributed by atoms with E-state index in [4.69, 9.17) is 0 Å². The van der Waals surface area contributed by atoms with Crippen molar-refractivity contribution in [3.05, 3.63) is 145 Å². The molecule has 3 heteroatoms. The third-order valence-electron chi connectivity index (χ3n) is 8.79. The van der Waals surface area contributed by atoms with Gasteiger partial charge in [0.25, 0.3) is 0 Å². The molecule has 0 N–H and O–H groups in total. The van der Waals surface area contributed by atoms with Crippen molar-refractivity contribution in [1.82, 2.24) is 0 Å². The van der Waals surface area contributed by atoms with Gasteiger partial charge in [0, 0.05) is 0 Å². The predicted molar refractivity (Wildman–Crippen MR) is 179 cm³/mol. The van der Waals surface area contributed by atoms with Crippen LogP contribution in [-0.2, 0) is 0 Å². The first-order chi connectivity index (χ1) is 21.2. The molecule has 0 bridgehead atoms. The molecule has 43 heavy (non-hydrogen) atoms. The van der Waals surface area contributed by atoms with Crippen molar-refractivity contribution >= 4 is 76.9 Å². The molecule has 0 amide bonds. The van der Waals surface area contributed by atoms with Gasteiger partial charge < -0.3 is 0 Å². The van der Waals surface area contributed by atoms with Crippen LogP contribution in [0.25, 0.3) is 84.6 Å². The monoisotopic (exact) mass is 620 g/mol. The summed E-state index contributed by atoms with van der Waals surface area (Å²) in [7, 11) is 0. The number of benzene rings is 8. The summed E-state index contributed by atoms with van der Waals surface area (Å²) in [5.74, 6) is -0.349. The van der Waals surface area contributed by atoms with Gasteiger partial charge in [0.05, 0.1) is 0 Å². The van der Waals surface area contributed by atoms with Gasteiger partial charge in [-0.3, -0.25) is 0 Å². The number of halogens is 2. The molecule has 0 fully saturated rings. The van der Waals surface area contributed by atoms with Crippen LogP contribution in [0.2, 0.25) is 0 Å². The van der Waals surface area contributed by atoms with Crippen molar-refractivity contribution in [2.45, 2.75) is 0 Å². The summed E-state index contributed by atoms with van der Waals surface area (Å²) in [5.41, 5.74) is 4.42.